The number of hydrogen-bond donors (Lipinski definition) is 2. The van der Waals surface area contributed by atoms with Crippen molar-refractivity contribution in [2.45, 2.75) is 18.9 Å². The van der Waals surface area contributed by atoms with E-state index in [-0.39, 0.29) is 17.9 Å². The zero-order valence-electron chi connectivity index (χ0n) is 11.9. The average molecular weight is 300 g/mol. The molecule has 4 rings (SSSR count). The van der Waals surface area contributed by atoms with Gasteiger partial charge < -0.3 is 10.3 Å². The van der Waals surface area contributed by atoms with E-state index in [0.717, 1.165) is 18.7 Å². The summed E-state index contributed by atoms with van der Waals surface area (Å²) in [7, 11) is 0. The number of nitrogens with one attached hydrogen (secondary N) is 2. The molecule has 0 amide bonds. The van der Waals surface area contributed by atoms with Crippen molar-refractivity contribution in [3.8, 4) is 0 Å². The maximum Gasteiger partial charge on any atom is 0.0988 e. The van der Waals surface area contributed by atoms with Crippen LogP contribution in [0.5, 0.6) is 0 Å². The first-order valence-electron chi connectivity index (χ1n) is 7.05. The van der Waals surface area contributed by atoms with Crippen molar-refractivity contribution >= 4 is 23.3 Å². The van der Waals surface area contributed by atoms with Gasteiger partial charge in [0.1, 0.15) is 0 Å². The molecular formula is C17H18ClN3. The van der Waals surface area contributed by atoms with Crippen molar-refractivity contribution in [1.82, 2.24) is 15.3 Å². The number of fused-ring (bicyclic) bond motifs is 3. The van der Waals surface area contributed by atoms with Gasteiger partial charge in [0.15, 0.2) is 0 Å². The van der Waals surface area contributed by atoms with Crippen LogP contribution in [0.4, 0.5) is 0 Å². The number of aromatic nitrogens is 2. The molecule has 2 N–H and O–H groups in total. The van der Waals surface area contributed by atoms with E-state index in [4.69, 9.17) is 0 Å². The van der Waals surface area contributed by atoms with Gasteiger partial charge in [0.2, 0.25) is 0 Å². The van der Waals surface area contributed by atoms with Crippen LogP contribution in [0.25, 0.3) is 10.9 Å². The summed E-state index contributed by atoms with van der Waals surface area (Å²) in [6.07, 6.45) is 2.92. The minimum absolute atomic E-state index is 0. The minimum Gasteiger partial charge on any atom is -0.356 e. The van der Waals surface area contributed by atoms with E-state index in [2.05, 4.69) is 52.5 Å². The second kappa shape index (κ2) is 5.17. The fraction of sp³-hybridized carbons (Fsp3) is 0.235. The lowest BCUT2D eigenvalue weighted by molar-refractivity contribution is 0.397. The van der Waals surface area contributed by atoms with Gasteiger partial charge in [0.05, 0.1) is 11.2 Å². The molecule has 21 heavy (non-hydrogen) atoms. The standard InChI is InChI=1S/C17H17N3.ClH/c1-17(15-8-4-5-10-18-15)16-13(9-11-19-17)12-6-2-3-7-14(12)20-16;/h2-8,10,19-20H,9,11H2,1H3;1H. The lowest BCUT2D eigenvalue weighted by Crippen LogP contribution is -2.46. The quantitative estimate of drug-likeness (QED) is 0.723. The van der Waals surface area contributed by atoms with Crippen LogP contribution in [-0.4, -0.2) is 16.5 Å². The summed E-state index contributed by atoms with van der Waals surface area (Å²) >= 11 is 0. The molecule has 3 heterocycles. The summed E-state index contributed by atoms with van der Waals surface area (Å²) in [6.45, 7) is 3.19. The molecule has 0 saturated carbocycles. The van der Waals surface area contributed by atoms with E-state index in [1.807, 2.05) is 18.3 Å². The molecule has 2 aromatic heterocycles. The molecule has 1 aliphatic heterocycles. The van der Waals surface area contributed by atoms with Crippen LogP contribution in [-0.2, 0) is 12.0 Å². The smallest absolute Gasteiger partial charge is 0.0988 e. The van der Waals surface area contributed by atoms with Crippen LogP contribution in [0, 0.1) is 0 Å². The number of para-hydroxylation sites is 1. The van der Waals surface area contributed by atoms with E-state index in [1.165, 1.54) is 22.2 Å². The Kier molecular flexibility index (Phi) is 3.47. The van der Waals surface area contributed by atoms with E-state index in [0.29, 0.717) is 0 Å². The molecular weight excluding hydrogens is 282 g/mol. The molecule has 0 fully saturated rings. The normalized spacial score (nSPS) is 20.8. The Bertz CT molecular complexity index is 766. The number of halogens is 1. The van der Waals surface area contributed by atoms with Gasteiger partial charge in [-0.3, -0.25) is 4.98 Å². The van der Waals surface area contributed by atoms with Gasteiger partial charge in [0.25, 0.3) is 0 Å². The molecule has 1 aliphatic rings. The molecule has 1 atom stereocenters. The van der Waals surface area contributed by atoms with Gasteiger partial charge >= 0.3 is 0 Å². The highest BCUT2D eigenvalue weighted by atomic mass is 35.5. The van der Waals surface area contributed by atoms with Crippen molar-refractivity contribution in [1.29, 1.82) is 0 Å². The van der Waals surface area contributed by atoms with Crippen LogP contribution in [0.3, 0.4) is 0 Å². The predicted molar refractivity (Wildman–Crippen MR) is 87.9 cm³/mol. The zero-order valence-corrected chi connectivity index (χ0v) is 12.7. The summed E-state index contributed by atoms with van der Waals surface area (Å²) in [5, 5.41) is 4.97. The maximum atomic E-state index is 4.56. The Balaban J connectivity index is 0.00000132. The van der Waals surface area contributed by atoms with Crippen molar-refractivity contribution in [3.05, 3.63) is 65.6 Å². The van der Waals surface area contributed by atoms with Crippen molar-refractivity contribution in [2.75, 3.05) is 6.54 Å². The molecule has 0 saturated heterocycles. The predicted octanol–water partition coefficient (Wildman–Crippen LogP) is 3.39. The summed E-state index contributed by atoms with van der Waals surface area (Å²) < 4.78 is 0. The molecule has 3 aromatic rings. The van der Waals surface area contributed by atoms with Crippen LogP contribution < -0.4 is 5.32 Å². The molecule has 3 nitrogen and oxygen atoms in total. The number of pyridine rings is 1. The first kappa shape index (κ1) is 14.1. The van der Waals surface area contributed by atoms with Crippen LogP contribution in [0.1, 0.15) is 23.9 Å². The van der Waals surface area contributed by atoms with Crippen molar-refractivity contribution < 1.29 is 0 Å². The number of aromatic amines is 1. The van der Waals surface area contributed by atoms with Crippen LogP contribution in [0.2, 0.25) is 0 Å². The molecule has 4 heteroatoms. The number of hydrogen-bond acceptors (Lipinski definition) is 2. The van der Waals surface area contributed by atoms with Crippen molar-refractivity contribution in [2.24, 2.45) is 0 Å². The lowest BCUT2D eigenvalue weighted by atomic mass is 9.85. The van der Waals surface area contributed by atoms with Gasteiger partial charge in [-0.2, -0.15) is 0 Å². The number of benzene rings is 1. The SMILES string of the molecule is CC1(c2ccccn2)NCCc2c1[nH]c1ccccc21.Cl. The highest BCUT2D eigenvalue weighted by Gasteiger charge is 2.36. The van der Waals surface area contributed by atoms with Crippen molar-refractivity contribution in [3.63, 3.8) is 0 Å². The average Bonchev–Trinajstić information content (AvgIpc) is 2.89. The van der Waals surface area contributed by atoms with Gasteiger partial charge in [-0.25, -0.2) is 0 Å². The van der Waals surface area contributed by atoms with Crippen LogP contribution in [0.15, 0.2) is 48.7 Å². The fourth-order valence-electron chi connectivity index (χ4n) is 3.29. The number of rotatable bonds is 1. The van der Waals surface area contributed by atoms with Gasteiger partial charge in [-0.05, 0) is 37.1 Å². The van der Waals surface area contributed by atoms with Gasteiger partial charge in [-0.15, -0.1) is 12.4 Å². The second-order valence-electron chi connectivity index (χ2n) is 5.54. The third-order valence-electron chi connectivity index (χ3n) is 4.34. The first-order valence-corrected chi connectivity index (χ1v) is 7.05. The van der Waals surface area contributed by atoms with E-state index >= 15 is 0 Å². The molecule has 0 radical (unpaired) electrons. The highest BCUT2D eigenvalue weighted by Crippen LogP contribution is 2.36. The molecule has 1 unspecified atom stereocenters. The Hall–Kier alpha value is -1.84. The third kappa shape index (κ3) is 2.04. The first-order chi connectivity index (χ1) is 9.79. The molecule has 108 valence electrons. The zero-order chi connectivity index (χ0) is 13.6. The van der Waals surface area contributed by atoms with Gasteiger partial charge in [-0.1, -0.05) is 24.3 Å². The molecule has 0 bridgehead atoms. The molecule has 1 aromatic carbocycles. The fourth-order valence-corrected chi connectivity index (χ4v) is 3.29. The minimum atomic E-state index is -0.242. The monoisotopic (exact) mass is 299 g/mol. The Labute approximate surface area is 130 Å². The van der Waals surface area contributed by atoms with E-state index in [9.17, 15) is 0 Å². The maximum absolute atomic E-state index is 4.56. The summed E-state index contributed by atoms with van der Waals surface area (Å²) in [4.78, 5) is 8.16. The third-order valence-corrected chi connectivity index (χ3v) is 4.34. The Morgan fingerprint density at radius 1 is 1.10 bits per heavy atom. The molecule has 0 spiro atoms. The summed E-state index contributed by atoms with van der Waals surface area (Å²) in [5.74, 6) is 0. The Morgan fingerprint density at radius 2 is 1.90 bits per heavy atom. The van der Waals surface area contributed by atoms with E-state index < -0.39 is 0 Å². The molecule has 0 aliphatic carbocycles. The highest BCUT2D eigenvalue weighted by molar-refractivity contribution is 5.86. The lowest BCUT2D eigenvalue weighted by Gasteiger charge is -2.34. The van der Waals surface area contributed by atoms with Crippen LogP contribution >= 0.6 is 12.4 Å². The largest absolute Gasteiger partial charge is 0.356 e. The summed E-state index contributed by atoms with van der Waals surface area (Å²) in [5.41, 5.74) is 4.71. The topological polar surface area (TPSA) is 40.7 Å². The van der Waals surface area contributed by atoms with E-state index in [1.54, 1.807) is 0 Å². The second-order valence-corrected chi connectivity index (χ2v) is 5.54. The number of H-pyrrole nitrogens is 1. The van der Waals surface area contributed by atoms with Gasteiger partial charge in [0, 0.05) is 29.3 Å². The number of nitrogens with zero attached hydrogens (tertiary/aromatic N) is 1. The summed E-state index contributed by atoms with van der Waals surface area (Å²) in [6, 6.07) is 14.6. The Morgan fingerprint density at radius 3 is 2.71 bits per heavy atom.